The summed E-state index contributed by atoms with van der Waals surface area (Å²) in [5.41, 5.74) is 1.69. The summed E-state index contributed by atoms with van der Waals surface area (Å²) in [6.45, 7) is 5.77. The molecule has 1 atom stereocenters. The maximum atomic E-state index is 12.0. The fourth-order valence-corrected chi connectivity index (χ4v) is 2.03. The summed E-state index contributed by atoms with van der Waals surface area (Å²) in [7, 11) is 0. The van der Waals surface area contributed by atoms with Crippen molar-refractivity contribution in [2.75, 3.05) is 0 Å². The summed E-state index contributed by atoms with van der Waals surface area (Å²) >= 11 is 0. The summed E-state index contributed by atoms with van der Waals surface area (Å²) < 4.78 is 5.47. The summed E-state index contributed by atoms with van der Waals surface area (Å²) in [5.74, 6) is 1.65. The summed E-state index contributed by atoms with van der Waals surface area (Å²) in [5, 5.41) is 2.97. The van der Waals surface area contributed by atoms with E-state index in [0.29, 0.717) is 5.56 Å². The Kier molecular flexibility index (Phi) is 3.51. The molecule has 0 aliphatic heterocycles. The van der Waals surface area contributed by atoms with Gasteiger partial charge in [-0.05, 0) is 39.0 Å². The number of rotatable bonds is 3. The Hall–Kier alpha value is -2.03. The average Bonchev–Trinajstić information content (AvgIpc) is 2.69. The number of hydrogen-bond acceptors (Lipinski definition) is 2. The lowest BCUT2D eigenvalue weighted by atomic mass is 10.1. The van der Waals surface area contributed by atoms with Crippen LogP contribution in [0.5, 0.6) is 0 Å². The molecule has 0 saturated heterocycles. The van der Waals surface area contributed by atoms with E-state index in [1.165, 1.54) is 0 Å². The number of furan rings is 1. The minimum absolute atomic E-state index is 0.0600. The van der Waals surface area contributed by atoms with Crippen molar-refractivity contribution >= 4 is 5.91 Å². The minimum atomic E-state index is -0.0682. The number of nitrogens with one attached hydrogen (secondary N) is 1. The van der Waals surface area contributed by atoms with Crippen molar-refractivity contribution in [2.45, 2.75) is 26.8 Å². The van der Waals surface area contributed by atoms with Crippen molar-refractivity contribution in [1.29, 1.82) is 0 Å². The van der Waals surface area contributed by atoms with Crippen LogP contribution < -0.4 is 5.32 Å². The third-order valence-corrected chi connectivity index (χ3v) is 2.93. The Morgan fingerprint density at radius 1 is 1.22 bits per heavy atom. The first-order valence-electron chi connectivity index (χ1n) is 6.01. The van der Waals surface area contributed by atoms with Gasteiger partial charge in [0.15, 0.2) is 0 Å². The van der Waals surface area contributed by atoms with Gasteiger partial charge in [-0.3, -0.25) is 4.79 Å². The average molecular weight is 243 g/mol. The van der Waals surface area contributed by atoms with Gasteiger partial charge in [0.05, 0.1) is 6.04 Å². The highest BCUT2D eigenvalue weighted by atomic mass is 16.3. The highest BCUT2D eigenvalue weighted by Gasteiger charge is 2.15. The molecule has 0 saturated carbocycles. The second kappa shape index (κ2) is 5.08. The van der Waals surface area contributed by atoms with Crippen LogP contribution in [0.25, 0.3) is 0 Å². The molecule has 2 aromatic rings. The molecule has 0 bridgehead atoms. The van der Waals surface area contributed by atoms with Crippen LogP contribution in [0.15, 0.2) is 40.8 Å². The van der Waals surface area contributed by atoms with E-state index in [-0.39, 0.29) is 11.9 Å². The Morgan fingerprint density at radius 3 is 2.44 bits per heavy atom. The van der Waals surface area contributed by atoms with Gasteiger partial charge in [-0.15, -0.1) is 0 Å². The standard InChI is InChI=1S/C15H17NO2/c1-10-9-14(12(3)18-10)11(2)16-15(17)13-7-5-4-6-8-13/h4-9,11H,1-3H3,(H,16,17). The van der Waals surface area contributed by atoms with Crippen LogP contribution in [0.3, 0.4) is 0 Å². The Bertz CT molecular complexity index is 543. The Labute approximate surface area is 107 Å². The van der Waals surface area contributed by atoms with Crippen LogP contribution in [0.4, 0.5) is 0 Å². The molecule has 0 fully saturated rings. The molecular formula is C15H17NO2. The van der Waals surface area contributed by atoms with Crippen LogP contribution in [-0.4, -0.2) is 5.91 Å². The van der Waals surface area contributed by atoms with Crippen LogP contribution in [0, 0.1) is 13.8 Å². The lowest BCUT2D eigenvalue weighted by Crippen LogP contribution is -2.26. The first kappa shape index (κ1) is 12.4. The zero-order valence-corrected chi connectivity index (χ0v) is 10.9. The molecule has 0 aliphatic rings. The molecular weight excluding hydrogens is 226 g/mol. The molecule has 1 N–H and O–H groups in total. The predicted molar refractivity (Wildman–Crippen MR) is 70.5 cm³/mol. The first-order chi connectivity index (χ1) is 8.58. The van der Waals surface area contributed by atoms with E-state index in [9.17, 15) is 4.79 Å². The monoisotopic (exact) mass is 243 g/mol. The molecule has 1 aromatic heterocycles. The van der Waals surface area contributed by atoms with E-state index < -0.39 is 0 Å². The second-order valence-corrected chi connectivity index (χ2v) is 4.43. The van der Waals surface area contributed by atoms with E-state index in [0.717, 1.165) is 17.1 Å². The molecule has 1 heterocycles. The molecule has 1 unspecified atom stereocenters. The zero-order chi connectivity index (χ0) is 13.1. The van der Waals surface area contributed by atoms with Gasteiger partial charge < -0.3 is 9.73 Å². The lowest BCUT2D eigenvalue weighted by molar-refractivity contribution is 0.0939. The van der Waals surface area contributed by atoms with E-state index in [4.69, 9.17) is 4.42 Å². The van der Waals surface area contributed by atoms with Crippen molar-refractivity contribution in [3.8, 4) is 0 Å². The van der Waals surface area contributed by atoms with E-state index in [1.807, 2.05) is 45.0 Å². The molecule has 0 aliphatic carbocycles. The van der Waals surface area contributed by atoms with Gasteiger partial charge in [0.25, 0.3) is 5.91 Å². The number of hydrogen-bond donors (Lipinski definition) is 1. The summed E-state index contributed by atoms with van der Waals surface area (Å²) in [6, 6.07) is 11.1. The fourth-order valence-electron chi connectivity index (χ4n) is 2.03. The minimum Gasteiger partial charge on any atom is -0.466 e. The smallest absolute Gasteiger partial charge is 0.251 e. The van der Waals surface area contributed by atoms with Crippen LogP contribution in [0.2, 0.25) is 0 Å². The Morgan fingerprint density at radius 2 is 1.89 bits per heavy atom. The maximum absolute atomic E-state index is 12.0. The van der Waals surface area contributed by atoms with Crippen LogP contribution >= 0.6 is 0 Å². The molecule has 1 amide bonds. The first-order valence-corrected chi connectivity index (χ1v) is 6.01. The molecule has 0 radical (unpaired) electrons. The lowest BCUT2D eigenvalue weighted by Gasteiger charge is -2.13. The van der Waals surface area contributed by atoms with Gasteiger partial charge in [-0.25, -0.2) is 0 Å². The molecule has 3 heteroatoms. The number of benzene rings is 1. The maximum Gasteiger partial charge on any atom is 0.251 e. The number of amides is 1. The topological polar surface area (TPSA) is 42.2 Å². The molecule has 2 rings (SSSR count). The highest BCUT2D eigenvalue weighted by molar-refractivity contribution is 5.94. The van der Waals surface area contributed by atoms with E-state index in [1.54, 1.807) is 12.1 Å². The Balaban J connectivity index is 2.10. The fraction of sp³-hybridized carbons (Fsp3) is 0.267. The van der Waals surface area contributed by atoms with Gasteiger partial charge in [-0.2, -0.15) is 0 Å². The SMILES string of the molecule is Cc1cc(C(C)NC(=O)c2ccccc2)c(C)o1. The quantitative estimate of drug-likeness (QED) is 0.897. The number of aryl methyl sites for hydroxylation is 2. The molecule has 3 nitrogen and oxygen atoms in total. The van der Waals surface area contributed by atoms with Crippen LogP contribution in [-0.2, 0) is 0 Å². The summed E-state index contributed by atoms with van der Waals surface area (Å²) in [4.78, 5) is 12.0. The van der Waals surface area contributed by atoms with Crippen molar-refractivity contribution in [2.24, 2.45) is 0 Å². The summed E-state index contributed by atoms with van der Waals surface area (Å²) in [6.07, 6.45) is 0. The van der Waals surface area contributed by atoms with Gasteiger partial charge in [0.2, 0.25) is 0 Å². The third kappa shape index (κ3) is 2.62. The number of carbonyl (C=O) groups excluding carboxylic acids is 1. The molecule has 0 spiro atoms. The number of carbonyl (C=O) groups is 1. The van der Waals surface area contributed by atoms with Crippen molar-refractivity contribution in [3.63, 3.8) is 0 Å². The predicted octanol–water partition coefficient (Wildman–Crippen LogP) is 3.39. The van der Waals surface area contributed by atoms with Crippen molar-refractivity contribution < 1.29 is 9.21 Å². The molecule has 18 heavy (non-hydrogen) atoms. The highest BCUT2D eigenvalue weighted by Crippen LogP contribution is 2.21. The van der Waals surface area contributed by atoms with Crippen LogP contribution in [0.1, 0.15) is 40.4 Å². The van der Waals surface area contributed by atoms with Gasteiger partial charge in [-0.1, -0.05) is 18.2 Å². The van der Waals surface area contributed by atoms with Crippen molar-refractivity contribution in [3.05, 3.63) is 59.0 Å². The molecule has 94 valence electrons. The largest absolute Gasteiger partial charge is 0.466 e. The van der Waals surface area contributed by atoms with E-state index in [2.05, 4.69) is 5.32 Å². The molecule has 1 aromatic carbocycles. The second-order valence-electron chi connectivity index (χ2n) is 4.43. The zero-order valence-electron chi connectivity index (χ0n) is 10.9. The van der Waals surface area contributed by atoms with E-state index >= 15 is 0 Å². The van der Waals surface area contributed by atoms with Gasteiger partial charge in [0.1, 0.15) is 11.5 Å². The normalized spacial score (nSPS) is 12.2. The van der Waals surface area contributed by atoms with Gasteiger partial charge in [0, 0.05) is 11.1 Å². The van der Waals surface area contributed by atoms with Gasteiger partial charge >= 0.3 is 0 Å². The van der Waals surface area contributed by atoms with Crippen molar-refractivity contribution in [1.82, 2.24) is 5.32 Å². The third-order valence-electron chi connectivity index (χ3n) is 2.93.